The van der Waals surface area contributed by atoms with Gasteiger partial charge in [-0.2, -0.15) is 5.26 Å². The zero-order valence-corrected chi connectivity index (χ0v) is 11.9. The number of hydrogen-bond acceptors (Lipinski definition) is 3. The molecule has 2 aromatic rings. The van der Waals surface area contributed by atoms with E-state index in [1.54, 1.807) is 12.1 Å². The number of nitriles is 1. The number of aryl methyl sites for hydroxylation is 1. The monoisotopic (exact) mass is 269 g/mol. The molecule has 0 N–H and O–H groups in total. The van der Waals surface area contributed by atoms with Gasteiger partial charge in [0.15, 0.2) is 0 Å². The van der Waals surface area contributed by atoms with Gasteiger partial charge in [0.05, 0.1) is 18.2 Å². The first kappa shape index (κ1) is 14.1. The molecule has 0 amide bonds. The lowest BCUT2D eigenvalue weighted by Crippen LogP contribution is -2.08. The van der Waals surface area contributed by atoms with Crippen molar-refractivity contribution in [1.82, 2.24) is 9.55 Å². The van der Waals surface area contributed by atoms with Gasteiger partial charge in [0, 0.05) is 24.9 Å². The molecule has 20 heavy (non-hydrogen) atoms. The van der Waals surface area contributed by atoms with E-state index in [-0.39, 0.29) is 0 Å². The summed E-state index contributed by atoms with van der Waals surface area (Å²) in [7, 11) is 0. The third-order valence-corrected chi connectivity index (χ3v) is 3.06. The second kappa shape index (κ2) is 6.76. The molecule has 0 bridgehead atoms. The molecule has 1 aromatic carbocycles. The van der Waals surface area contributed by atoms with Crippen molar-refractivity contribution in [3.8, 4) is 11.8 Å². The number of aromatic nitrogens is 2. The molecular weight excluding hydrogens is 250 g/mol. The Morgan fingerprint density at radius 3 is 2.70 bits per heavy atom. The molecule has 0 saturated heterocycles. The van der Waals surface area contributed by atoms with Crippen molar-refractivity contribution in [2.45, 2.75) is 32.7 Å². The number of rotatable bonds is 6. The Balaban J connectivity index is 1.78. The van der Waals surface area contributed by atoms with Crippen molar-refractivity contribution in [2.75, 3.05) is 6.61 Å². The van der Waals surface area contributed by atoms with Gasteiger partial charge < -0.3 is 9.30 Å². The minimum Gasteiger partial charge on any atom is -0.494 e. The van der Waals surface area contributed by atoms with Crippen molar-refractivity contribution < 1.29 is 4.74 Å². The molecule has 0 unspecified atom stereocenters. The Morgan fingerprint density at radius 1 is 1.30 bits per heavy atom. The summed E-state index contributed by atoms with van der Waals surface area (Å²) in [6.07, 6.45) is 4.78. The highest BCUT2D eigenvalue weighted by Crippen LogP contribution is 2.14. The van der Waals surface area contributed by atoms with Gasteiger partial charge in [0.2, 0.25) is 0 Å². The fraction of sp³-hybridized carbons (Fsp3) is 0.375. The lowest BCUT2D eigenvalue weighted by molar-refractivity contribution is 0.300. The smallest absolute Gasteiger partial charge is 0.119 e. The summed E-state index contributed by atoms with van der Waals surface area (Å²) in [5.74, 6) is 2.35. The molecule has 4 heteroatoms. The first-order valence-corrected chi connectivity index (χ1v) is 6.84. The largest absolute Gasteiger partial charge is 0.494 e. The van der Waals surface area contributed by atoms with Gasteiger partial charge in [-0.3, -0.25) is 0 Å². The van der Waals surface area contributed by atoms with Crippen LogP contribution >= 0.6 is 0 Å². The first-order chi connectivity index (χ1) is 9.70. The molecule has 0 aliphatic rings. The van der Waals surface area contributed by atoms with Gasteiger partial charge >= 0.3 is 0 Å². The molecule has 0 spiro atoms. The molecule has 1 heterocycles. The fourth-order valence-electron chi connectivity index (χ4n) is 2.06. The highest BCUT2D eigenvalue weighted by Gasteiger charge is 2.06. The zero-order valence-electron chi connectivity index (χ0n) is 11.9. The van der Waals surface area contributed by atoms with Crippen LogP contribution in [-0.2, 0) is 6.54 Å². The number of nitrogens with zero attached hydrogens (tertiary/aromatic N) is 3. The number of ether oxygens (including phenoxy) is 1. The predicted molar refractivity (Wildman–Crippen MR) is 77.6 cm³/mol. The SMILES string of the molecule is CC(C)c1nccn1CCCOc1ccc(C#N)cc1. The Kier molecular flexibility index (Phi) is 4.78. The maximum atomic E-state index is 8.72. The normalized spacial score (nSPS) is 10.5. The van der Waals surface area contributed by atoms with E-state index >= 15 is 0 Å². The van der Waals surface area contributed by atoms with Gasteiger partial charge in [-0.25, -0.2) is 4.98 Å². The van der Waals surface area contributed by atoms with E-state index in [2.05, 4.69) is 29.5 Å². The van der Waals surface area contributed by atoms with E-state index in [9.17, 15) is 0 Å². The van der Waals surface area contributed by atoms with Crippen LogP contribution in [0.1, 0.15) is 37.6 Å². The summed E-state index contributed by atoms with van der Waals surface area (Å²) in [5.41, 5.74) is 0.650. The van der Waals surface area contributed by atoms with Crippen LogP contribution in [0.15, 0.2) is 36.7 Å². The van der Waals surface area contributed by atoms with Crippen LogP contribution in [0.2, 0.25) is 0 Å². The van der Waals surface area contributed by atoms with Crippen LogP contribution in [0.4, 0.5) is 0 Å². The van der Waals surface area contributed by atoms with Crippen molar-refractivity contribution >= 4 is 0 Å². The average molecular weight is 269 g/mol. The molecule has 0 fully saturated rings. The van der Waals surface area contributed by atoms with Crippen LogP contribution in [-0.4, -0.2) is 16.2 Å². The number of benzene rings is 1. The minimum atomic E-state index is 0.435. The molecule has 2 rings (SSSR count). The fourth-order valence-corrected chi connectivity index (χ4v) is 2.06. The molecule has 104 valence electrons. The van der Waals surface area contributed by atoms with Gasteiger partial charge in [-0.1, -0.05) is 13.8 Å². The summed E-state index contributed by atoms with van der Waals surface area (Å²) in [6, 6.07) is 9.28. The van der Waals surface area contributed by atoms with Crippen molar-refractivity contribution in [1.29, 1.82) is 5.26 Å². The molecule has 0 radical (unpaired) electrons. The van der Waals surface area contributed by atoms with Gasteiger partial charge in [0.25, 0.3) is 0 Å². The zero-order chi connectivity index (χ0) is 14.4. The first-order valence-electron chi connectivity index (χ1n) is 6.84. The predicted octanol–water partition coefficient (Wildman–Crippen LogP) is 3.35. The van der Waals surface area contributed by atoms with Crippen LogP contribution in [0.25, 0.3) is 0 Å². The topological polar surface area (TPSA) is 50.8 Å². The summed E-state index contributed by atoms with van der Waals surface area (Å²) < 4.78 is 7.83. The maximum absolute atomic E-state index is 8.72. The van der Waals surface area contributed by atoms with Gasteiger partial charge in [-0.05, 0) is 30.7 Å². The quantitative estimate of drug-likeness (QED) is 0.756. The van der Waals surface area contributed by atoms with Gasteiger partial charge in [-0.15, -0.1) is 0 Å². The van der Waals surface area contributed by atoms with Crippen molar-refractivity contribution in [2.24, 2.45) is 0 Å². The minimum absolute atomic E-state index is 0.435. The van der Waals surface area contributed by atoms with E-state index in [0.29, 0.717) is 18.1 Å². The third kappa shape index (κ3) is 3.61. The van der Waals surface area contributed by atoms with E-state index in [1.807, 2.05) is 24.5 Å². The van der Waals surface area contributed by atoms with Crippen molar-refractivity contribution in [3.63, 3.8) is 0 Å². The Labute approximate surface area is 119 Å². The van der Waals surface area contributed by atoms with E-state index in [0.717, 1.165) is 24.5 Å². The van der Waals surface area contributed by atoms with Crippen molar-refractivity contribution in [3.05, 3.63) is 48.0 Å². The van der Waals surface area contributed by atoms with E-state index in [4.69, 9.17) is 10.00 Å². The molecule has 0 aliphatic heterocycles. The highest BCUT2D eigenvalue weighted by molar-refractivity contribution is 5.34. The van der Waals surface area contributed by atoms with Gasteiger partial charge in [0.1, 0.15) is 11.6 Å². The summed E-state index contributed by atoms with van der Waals surface area (Å²) in [6.45, 7) is 5.85. The second-order valence-electron chi connectivity index (χ2n) is 4.97. The van der Waals surface area contributed by atoms with Crippen LogP contribution in [0.5, 0.6) is 5.75 Å². The number of hydrogen-bond donors (Lipinski definition) is 0. The summed E-state index contributed by atoms with van der Waals surface area (Å²) >= 11 is 0. The highest BCUT2D eigenvalue weighted by atomic mass is 16.5. The Bertz CT molecular complexity index is 579. The number of imidazole rings is 1. The summed E-state index contributed by atoms with van der Waals surface area (Å²) in [5, 5.41) is 8.72. The lowest BCUT2D eigenvalue weighted by Gasteiger charge is -2.11. The lowest BCUT2D eigenvalue weighted by atomic mass is 10.2. The van der Waals surface area contributed by atoms with E-state index < -0.39 is 0 Å². The Hall–Kier alpha value is -2.28. The Morgan fingerprint density at radius 2 is 2.05 bits per heavy atom. The van der Waals surface area contributed by atoms with Crippen LogP contribution in [0.3, 0.4) is 0 Å². The van der Waals surface area contributed by atoms with Crippen LogP contribution < -0.4 is 4.74 Å². The standard InChI is InChI=1S/C16H19N3O/c1-13(2)16-18-8-10-19(16)9-3-11-20-15-6-4-14(12-17)5-7-15/h4-8,10,13H,3,9,11H2,1-2H3. The molecule has 0 aliphatic carbocycles. The molecule has 0 atom stereocenters. The summed E-state index contributed by atoms with van der Waals surface area (Å²) in [4.78, 5) is 4.36. The maximum Gasteiger partial charge on any atom is 0.119 e. The second-order valence-corrected chi connectivity index (χ2v) is 4.97. The average Bonchev–Trinajstić information content (AvgIpc) is 2.93. The molecular formula is C16H19N3O. The molecule has 0 saturated carbocycles. The van der Waals surface area contributed by atoms with E-state index in [1.165, 1.54) is 0 Å². The van der Waals surface area contributed by atoms with Crippen LogP contribution in [0, 0.1) is 11.3 Å². The molecule has 4 nitrogen and oxygen atoms in total. The third-order valence-electron chi connectivity index (χ3n) is 3.06. The molecule has 1 aromatic heterocycles.